The van der Waals surface area contributed by atoms with Crippen molar-refractivity contribution >= 4 is 12.0 Å². The second-order valence-corrected chi connectivity index (χ2v) is 4.34. The molecular formula is C16H11F3O2. The third kappa shape index (κ3) is 3.72. The van der Waals surface area contributed by atoms with Crippen LogP contribution in [-0.4, -0.2) is 11.1 Å². The Hall–Kier alpha value is -2.56. The maximum Gasteiger partial charge on any atom is 0.416 e. The van der Waals surface area contributed by atoms with E-state index in [0.29, 0.717) is 16.7 Å². The van der Waals surface area contributed by atoms with Crippen LogP contribution >= 0.6 is 0 Å². The van der Waals surface area contributed by atoms with Crippen LogP contribution in [0.15, 0.2) is 54.6 Å². The highest BCUT2D eigenvalue weighted by molar-refractivity contribution is 5.87. The Balaban J connectivity index is 2.50. The summed E-state index contributed by atoms with van der Waals surface area (Å²) in [6, 6.07) is 11.6. The number of rotatable bonds is 3. The molecule has 0 saturated carbocycles. The Bertz CT molecular complexity index is 688. The van der Waals surface area contributed by atoms with Crippen LogP contribution in [0.4, 0.5) is 13.2 Å². The first-order chi connectivity index (χ1) is 9.88. The topological polar surface area (TPSA) is 37.3 Å². The molecule has 2 nitrogen and oxygen atoms in total. The van der Waals surface area contributed by atoms with Crippen LogP contribution < -0.4 is 0 Å². The fourth-order valence-corrected chi connectivity index (χ4v) is 1.93. The summed E-state index contributed by atoms with van der Waals surface area (Å²) in [7, 11) is 0. The Labute approximate surface area is 119 Å². The molecule has 0 fully saturated rings. The highest BCUT2D eigenvalue weighted by Crippen LogP contribution is 2.33. The van der Waals surface area contributed by atoms with E-state index in [0.717, 1.165) is 18.2 Å². The van der Waals surface area contributed by atoms with Crippen molar-refractivity contribution in [1.82, 2.24) is 0 Å². The van der Waals surface area contributed by atoms with Crippen LogP contribution in [0.2, 0.25) is 0 Å². The van der Waals surface area contributed by atoms with Crippen molar-refractivity contribution < 1.29 is 23.1 Å². The van der Waals surface area contributed by atoms with Crippen LogP contribution in [0.1, 0.15) is 11.1 Å². The van der Waals surface area contributed by atoms with Crippen molar-refractivity contribution in [3.05, 3.63) is 65.7 Å². The summed E-state index contributed by atoms with van der Waals surface area (Å²) in [5.74, 6) is -1.12. The highest BCUT2D eigenvalue weighted by Gasteiger charge is 2.30. The summed E-state index contributed by atoms with van der Waals surface area (Å²) < 4.78 is 38.2. The van der Waals surface area contributed by atoms with Gasteiger partial charge in [-0.2, -0.15) is 13.2 Å². The molecule has 0 aliphatic carbocycles. The predicted molar refractivity (Wildman–Crippen MR) is 73.5 cm³/mol. The number of hydrogen-bond acceptors (Lipinski definition) is 1. The molecule has 0 bridgehead atoms. The zero-order valence-corrected chi connectivity index (χ0v) is 10.8. The largest absolute Gasteiger partial charge is 0.478 e. The molecule has 21 heavy (non-hydrogen) atoms. The molecule has 2 aromatic rings. The molecule has 5 heteroatoms. The predicted octanol–water partition coefficient (Wildman–Crippen LogP) is 4.47. The van der Waals surface area contributed by atoms with Gasteiger partial charge < -0.3 is 5.11 Å². The SMILES string of the molecule is O=C(O)/C=C/c1ccccc1-c1cccc(C(F)(F)F)c1. The van der Waals surface area contributed by atoms with E-state index in [1.807, 2.05) is 0 Å². The van der Waals surface area contributed by atoms with Gasteiger partial charge in [-0.05, 0) is 34.9 Å². The number of aliphatic carboxylic acids is 1. The Kier molecular flexibility index (Phi) is 4.12. The van der Waals surface area contributed by atoms with Crippen LogP contribution in [0.25, 0.3) is 17.2 Å². The van der Waals surface area contributed by atoms with Crippen molar-refractivity contribution in [3.8, 4) is 11.1 Å². The van der Waals surface area contributed by atoms with E-state index in [2.05, 4.69) is 0 Å². The van der Waals surface area contributed by atoms with Gasteiger partial charge in [0.2, 0.25) is 0 Å². The molecule has 2 aromatic carbocycles. The van der Waals surface area contributed by atoms with E-state index in [1.165, 1.54) is 12.1 Å². The van der Waals surface area contributed by atoms with Crippen molar-refractivity contribution in [2.24, 2.45) is 0 Å². The first-order valence-corrected chi connectivity index (χ1v) is 6.05. The van der Waals surface area contributed by atoms with E-state index in [-0.39, 0.29) is 0 Å². The lowest BCUT2D eigenvalue weighted by molar-refractivity contribution is -0.137. The number of hydrogen-bond donors (Lipinski definition) is 1. The van der Waals surface area contributed by atoms with Gasteiger partial charge in [0.25, 0.3) is 0 Å². The number of carbonyl (C=O) groups is 1. The highest BCUT2D eigenvalue weighted by atomic mass is 19.4. The number of carboxylic acids is 1. The van der Waals surface area contributed by atoms with E-state index in [9.17, 15) is 18.0 Å². The summed E-state index contributed by atoms with van der Waals surface area (Å²) in [4.78, 5) is 10.6. The molecular weight excluding hydrogens is 281 g/mol. The minimum absolute atomic E-state index is 0.385. The third-order valence-corrected chi connectivity index (χ3v) is 2.87. The number of alkyl halides is 3. The van der Waals surface area contributed by atoms with Gasteiger partial charge in [-0.1, -0.05) is 36.4 Å². The number of halogens is 3. The molecule has 0 unspecified atom stereocenters. The van der Waals surface area contributed by atoms with Crippen LogP contribution in [0.3, 0.4) is 0 Å². The molecule has 1 N–H and O–H groups in total. The number of carboxylic acid groups (broad SMARTS) is 1. The van der Waals surface area contributed by atoms with Gasteiger partial charge in [0.1, 0.15) is 0 Å². The van der Waals surface area contributed by atoms with Gasteiger partial charge in [-0.25, -0.2) is 4.79 Å². The Morgan fingerprint density at radius 1 is 1.05 bits per heavy atom. The smallest absolute Gasteiger partial charge is 0.416 e. The maximum absolute atomic E-state index is 12.7. The van der Waals surface area contributed by atoms with Gasteiger partial charge in [0.15, 0.2) is 0 Å². The summed E-state index contributed by atoms with van der Waals surface area (Å²) in [6.45, 7) is 0. The molecule has 0 heterocycles. The third-order valence-electron chi connectivity index (χ3n) is 2.87. The summed E-state index contributed by atoms with van der Waals surface area (Å²) in [5.41, 5.74) is 0.729. The van der Waals surface area contributed by atoms with Gasteiger partial charge in [0.05, 0.1) is 5.56 Å². The molecule has 0 aromatic heterocycles. The average molecular weight is 292 g/mol. The fraction of sp³-hybridized carbons (Fsp3) is 0.0625. The zero-order chi connectivity index (χ0) is 15.5. The van der Waals surface area contributed by atoms with Crippen molar-refractivity contribution in [1.29, 1.82) is 0 Å². The molecule has 0 aliphatic rings. The quantitative estimate of drug-likeness (QED) is 0.847. The second-order valence-electron chi connectivity index (χ2n) is 4.34. The molecule has 0 saturated heterocycles. The van der Waals surface area contributed by atoms with E-state index in [1.54, 1.807) is 30.3 Å². The minimum atomic E-state index is -4.41. The molecule has 0 radical (unpaired) electrons. The summed E-state index contributed by atoms with van der Waals surface area (Å²) in [6.07, 6.45) is -2.10. The Morgan fingerprint density at radius 3 is 2.43 bits per heavy atom. The molecule has 108 valence electrons. The monoisotopic (exact) mass is 292 g/mol. The maximum atomic E-state index is 12.7. The summed E-state index contributed by atoms with van der Waals surface area (Å²) >= 11 is 0. The van der Waals surface area contributed by atoms with Crippen molar-refractivity contribution in [2.45, 2.75) is 6.18 Å². The first kappa shape index (κ1) is 14.8. The molecule has 0 spiro atoms. The van der Waals surface area contributed by atoms with Gasteiger partial charge in [-0.3, -0.25) is 0 Å². The van der Waals surface area contributed by atoms with Crippen molar-refractivity contribution in [3.63, 3.8) is 0 Å². The standard InChI is InChI=1S/C16H11F3O2/c17-16(18,19)13-6-3-5-12(10-13)14-7-2-1-4-11(14)8-9-15(20)21/h1-10H,(H,20,21)/b9-8+. The van der Waals surface area contributed by atoms with Crippen LogP contribution in [-0.2, 0) is 11.0 Å². The minimum Gasteiger partial charge on any atom is -0.478 e. The molecule has 0 amide bonds. The van der Waals surface area contributed by atoms with Gasteiger partial charge >= 0.3 is 12.1 Å². The van der Waals surface area contributed by atoms with Crippen molar-refractivity contribution in [2.75, 3.05) is 0 Å². The van der Waals surface area contributed by atoms with E-state index < -0.39 is 17.7 Å². The zero-order valence-electron chi connectivity index (χ0n) is 10.8. The lowest BCUT2D eigenvalue weighted by atomic mass is 9.97. The molecule has 2 rings (SSSR count). The van der Waals surface area contributed by atoms with E-state index in [4.69, 9.17) is 5.11 Å². The lowest BCUT2D eigenvalue weighted by Crippen LogP contribution is -2.04. The fourth-order valence-electron chi connectivity index (χ4n) is 1.93. The lowest BCUT2D eigenvalue weighted by Gasteiger charge is -2.10. The molecule has 0 atom stereocenters. The van der Waals surface area contributed by atoms with E-state index >= 15 is 0 Å². The van der Waals surface area contributed by atoms with Gasteiger partial charge in [-0.15, -0.1) is 0 Å². The Morgan fingerprint density at radius 2 is 1.76 bits per heavy atom. The average Bonchev–Trinajstić information content (AvgIpc) is 2.44. The summed E-state index contributed by atoms with van der Waals surface area (Å²) in [5, 5.41) is 8.65. The molecule has 0 aliphatic heterocycles. The van der Waals surface area contributed by atoms with Crippen LogP contribution in [0.5, 0.6) is 0 Å². The van der Waals surface area contributed by atoms with Crippen LogP contribution in [0, 0.1) is 0 Å². The van der Waals surface area contributed by atoms with Gasteiger partial charge in [0, 0.05) is 6.08 Å². The second kappa shape index (κ2) is 5.83. The first-order valence-electron chi connectivity index (χ1n) is 6.05. The number of benzene rings is 2. The normalized spacial score (nSPS) is 11.8.